The maximum atomic E-state index is 6.21. The third-order valence-corrected chi connectivity index (χ3v) is 7.66. The fourth-order valence-corrected chi connectivity index (χ4v) is 5.38. The summed E-state index contributed by atoms with van der Waals surface area (Å²) in [6, 6.07) is 24.8. The number of halogens is 2. The van der Waals surface area contributed by atoms with E-state index >= 15 is 0 Å². The highest BCUT2D eigenvalue weighted by atomic mass is 35.5. The van der Waals surface area contributed by atoms with Gasteiger partial charge in [-0.2, -0.15) is 0 Å². The monoisotopic (exact) mass is 482 g/mol. The largest absolute Gasteiger partial charge is 0.369 e. The smallest absolute Gasteiger partial charge is 0.191 e. The lowest BCUT2D eigenvalue weighted by atomic mass is 10.2. The Morgan fingerprint density at radius 2 is 1.59 bits per heavy atom. The van der Waals surface area contributed by atoms with E-state index in [1.807, 2.05) is 24.3 Å². The quantitative estimate of drug-likeness (QED) is 0.310. The molecular formula is C25H24Cl2N4S. The van der Waals surface area contributed by atoms with Crippen LogP contribution in [0.15, 0.2) is 72.8 Å². The van der Waals surface area contributed by atoms with Crippen LogP contribution in [0.5, 0.6) is 0 Å². The molecule has 0 saturated carbocycles. The summed E-state index contributed by atoms with van der Waals surface area (Å²) in [5, 5.41) is 2.26. The number of nitrogens with zero attached hydrogens (tertiary/aromatic N) is 4. The van der Waals surface area contributed by atoms with Gasteiger partial charge in [0.1, 0.15) is 0 Å². The van der Waals surface area contributed by atoms with Gasteiger partial charge in [0.05, 0.1) is 20.3 Å². The molecule has 0 aliphatic carbocycles. The van der Waals surface area contributed by atoms with E-state index in [2.05, 4.69) is 63.2 Å². The highest BCUT2D eigenvalue weighted by Gasteiger charge is 2.20. The van der Waals surface area contributed by atoms with Gasteiger partial charge in [-0.1, -0.05) is 64.9 Å². The van der Waals surface area contributed by atoms with Gasteiger partial charge in [0, 0.05) is 50.6 Å². The lowest BCUT2D eigenvalue weighted by Gasteiger charge is -2.37. The molecule has 0 atom stereocenters. The zero-order valence-electron chi connectivity index (χ0n) is 17.6. The van der Waals surface area contributed by atoms with Crippen molar-refractivity contribution in [2.45, 2.75) is 0 Å². The highest BCUT2D eigenvalue weighted by Crippen LogP contribution is 2.33. The van der Waals surface area contributed by atoms with E-state index in [-0.39, 0.29) is 0 Å². The molecule has 1 aliphatic rings. The number of rotatable bonds is 6. The Labute approximate surface area is 202 Å². The summed E-state index contributed by atoms with van der Waals surface area (Å²) in [5.74, 6) is 0. The molecule has 1 aliphatic heterocycles. The molecule has 0 radical (unpaired) electrons. The van der Waals surface area contributed by atoms with Crippen molar-refractivity contribution < 1.29 is 0 Å². The Hall–Kier alpha value is -2.31. The molecule has 3 aromatic carbocycles. The molecule has 0 bridgehead atoms. The van der Waals surface area contributed by atoms with Gasteiger partial charge in [-0.3, -0.25) is 4.90 Å². The number of benzene rings is 3. The zero-order valence-corrected chi connectivity index (χ0v) is 20.0. The molecule has 32 heavy (non-hydrogen) atoms. The highest BCUT2D eigenvalue weighted by molar-refractivity contribution is 7.22. The van der Waals surface area contributed by atoms with E-state index < -0.39 is 0 Å². The minimum atomic E-state index is 0.602. The molecule has 0 amide bonds. The number of piperazine rings is 1. The average molecular weight is 483 g/mol. The summed E-state index contributed by atoms with van der Waals surface area (Å²) < 4.78 is 1.22. The normalized spacial score (nSPS) is 14.8. The summed E-state index contributed by atoms with van der Waals surface area (Å²) >= 11 is 14.0. The molecule has 2 heterocycles. The van der Waals surface area contributed by atoms with Crippen molar-refractivity contribution in [2.24, 2.45) is 0 Å². The topological polar surface area (TPSA) is 22.6 Å². The van der Waals surface area contributed by atoms with Crippen LogP contribution in [0.3, 0.4) is 0 Å². The van der Waals surface area contributed by atoms with Crippen molar-refractivity contribution in [1.82, 2.24) is 9.88 Å². The molecule has 0 N–H and O–H groups in total. The van der Waals surface area contributed by atoms with Crippen LogP contribution in [0.1, 0.15) is 0 Å². The SMILES string of the molecule is Clc1ccc(N2CCN(CCN(c3ccccc3)c3nc4ccccc4s3)CC2)cc1Cl. The Bertz CT molecular complexity index is 1160. The molecule has 7 heteroatoms. The van der Waals surface area contributed by atoms with Gasteiger partial charge in [-0.05, 0) is 42.5 Å². The first-order valence-corrected chi connectivity index (χ1v) is 12.4. The molecular weight excluding hydrogens is 459 g/mol. The van der Waals surface area contributed by atoms with Gasteiger partial charge in [-0.25, -0.2) is 4.98 Å². The molecule has 5 rings (SSSR count). The minimum absolute atomic E-state index is 0.602. The van der Waals surface area contributed by atoms with Crippen molar-refractivity contribution in [2.75, 3.05) is 49.1 Å². The van der Waals surface area contributed by atoms with Crippen molar-refractivity contribution in [3.63, 3.8) is 0 Å². The van der Waals surface area contributed by atoms with E-state index in [9.17, 15) is 0 Å². The minimum Gasteiger partial charge on any atom is -0.369 e. The molecule has 4 aromatic rings. The second-order valence-corrected chi connectivity index (χ2v) is 9.70. The van der Waals surface area contributed by atoms with Crippen LogP contribution < -0.4 is 9.80 Å². The zero-order chi connectivity index (χ0) is 21.9. The first kappa shape index (κ1) is 21.5. The van der Waals surface area contributed by atoms with Crippen molar-refractivity contribution in [3.8, 4) is 0 Å². The van der Waals surface area contributed by atoms with E-state index in [4.69, 9.17) is 28.2 Å². The summed E-state index contributed by atoms with van der Waals surface area (Å²) in [4.78, 5) is 12.2. The van der Waals surface area contributed by atoms with Crippen LogP contribution in [0.4, 0.5) is 16.5 Å². The Morgan fingerprint density at radius 1 is 0.844 bits per heavy atom. The number of para-hydroxylation sites is 2. The van der Waals surface area contributed by atoms with E-state index in [1.54, 1.807) is 11.3 Å². The van der Waals surface area contributed by atoms with Crippen molar-refractivity contribution in [3.05, 3.63) is 82.8 Å². The molecule has 1 fully saturated rings. The third-order valence-electron chi connectivity index (χ3n) is 5.86. The van der Waals surface area contributed by atoms with Gasteiger partial charge in [0.2, 0.25) is 0 Å². The van der Waals surface area contributed by atoms with Crippen LogP contribution in [-0.2, 0) is 0 Å². The van der Waals surface area contributed by atoms with Gasteiger partial charge >= 0.3 is 0 Å². The van der Waals surface area contributed by atoms with Crippen LogP contribution in [0.2, 0.25) is 10.0 Å². The number of aromatic nitrogens is 1. The van der Waals surface area contributed by atoms with E-state index in [0.29, 0.717) is 10.0 Å². The molecule has 1 saturated heterocycles. The number of thiazole rings is 1. The van der Waals surface area contributed by atoms with Gasteiger partial charge in [0.25, 0.3) is 0 Å². The second kappa shape index (κ2) is 9.67. The number of hydrogen-bond donors (Lipinski definition) is 0. The Kier molecular flexibility index (Phi) is 6.51. The summed E-state index contributed by atoms with van der Waals surface area (Å²) in [7, 11) is 0. The molecule has 0 unspecified atom stereocenters. The molecule has 164 valence electrons. The van der Waals surface area contributed by atoms with Crippen molar-refractivity contribution in [1.29, 1.82) is 0 Å². The van der Waals surface area contributed by atoms with Gasteiger partial charge < -0.3 is 9.80 Å². The molecule has 4 nitrogen and oxygen atoms in total. The van der Waals surface area contributed by atoms with Crippen molar-refractivity contribution >= 4 is 61.3 Å². The van der Waals surface area contributed by atoms with Crippen LogP contribution in [0, 0.1) is 0 Å². The standard InChI is InChI=1S/C25H24Cl2N4S/c26-21-11-10-20(18-22(21)27)30-15-12-29(13-16-30)14-17-31(19-6-2-1-3-7-19)25-28-23-8-4-5-9-24(23)32-25/h1-11,18H,12-17H2. The van der Waals surface area contributed by atoms with Crippen LogP contribution >= 0.6 is 34.5 Å². The Morgan fingerprint density at radius 3 is 2.34 bits per heavy atom. The molecule has 0 spiro atoms. The predicted octanol–water partition coefficient (Wildman–Crippen LogP) is 6.56. The Balaban J connectivity index is 1.26. The number of fused-ring (bicyclic) bond motifs is 1. The van der Waals surface area contributed by atoms with Gasteiger partial charge in [-0.15, -0.1) is 0 Å². The lowest BCUT2D eigenvalue weighted by Crippen LogP contribution is -2.48. The molecule has 1 aromatic heterocycles. The first-order chi connectivity index (χ1) is 15.7. The first-order valence-electron chi connectivity index (χ1n) is 10.8. The van der Waals surface area contributed by atoms with Gasteiger partial charge in [0.15, 0.2) is 5.13 Å². The maximum absolute atomic E-state index is 6.21. The lowest BCUT2D eigenvalue weighted by molar-refractivity contribution is 0.264. The summed E-state index contributed by atoms with van der Waals surface area (Å²) in [6.45, 7) is 5.87. The predicted molar refractivity (Wildman–Crippen MR) is 138 cm³/mol. The summed E-state index contributed by atoms with van der Waals surface area (Å²) in [5.41, 5.74) is 3.38. The summed E-state index contributed by atoms with van der Waals surface area (Å²) in [6.07, 6.45) is 0. The fourth-order valence-electron chi connectivity index (χ4n) is 4.07. The maximum Gasteiger partial charge on any atom is 0.191 e. The van der Waals surface area contributed by atoms with Crippen LogP contribution in [0.25, 0.3) is 10.2 Å². The average Bonchev–Trinajstić information content (AvgIpc) is 3.26. The third kappa shape index (κ3) is 4.71. The second-order valence-electron chi connectivity index (χ2n) is 7.88. The van der Waals surface area contributed by atoms with Crippen LogP contribution in [-0.4, -0.2) is 49.2 Å². The van der Waals surface area contributed by atoms with E-state index in [0.717, 1.165) is 55.6 Å². The number of hydrogen-bond acceptors (Lipinski definition) is 5. The number of anilines is 3. The fraction of sp³-hybridized carbons (Fsp3) is 0.240. The van der Waals surface area contributed by atoms with E-state index in [1.165, 1.54) is 10.4 Å².